The number of carbonyl (C=O) groups is 1. The number of nitrogens with one attached hydrogen (secondary N) is 2. The average Bonchev–Trinajstić information content (AvgIpc) is 2.93. The van der Waals surface area contributed by atoms with Crippen molar-refractivity contribution in [3.05, 3.63) is 17.5 Å². The van der Waals surface area contributed by atoms with Gasteiger partial charge in [0.1, 0.15) is 0 Å². The molecule has 0 aliphatic heterocycles. The summed E-state index contributed by atoms with van der Waals surface area (Å²) in [5.41, 5.74) is 2.27. The minimum absolute atomic E-state index is 0.0873. The number of rotatable bonds is 12. The van der Waals surface area contributed by atoms with Crippen molar-refractivity contribution in [1.82, 2.24) is 20.4 Å². The number of guanidine groups is 1. The zero-order chi connectivity index (χ0) is 19.2. The Kier molecular flexibility index (Phi) is 11.2. The minimum atomic E-state index is -0.0873. The molecule has 0 bridgehead atoms. The van der Waals surface area contributed by atoms with E-state index >= 15 is 0 Å². The maximum Gasteiger partial charge on any atom is 0.305 e. The summed E-state index contributed by atoms with van der Waals surface area (Å²) in [5, 5.41) is 11.1. The van der Waals surface area contributed by atoms with Crippen LogP contribution in [-0.2, 0) is 16.1 Å². The molecular weight excluding hydrogens is 330 g/mol. The van der Waals surface area contributed by atoms with E-state index in [-0.39, 0.29) is 5.97 Å². The highest BCUT2D eigenvalue weighted by atomic mass is 16.5. The Labute approximate surface area is 157 Å². The quantitative estimate of drug-likeness (QED) is 0.257. The number of hydrogen-bond donors (Lipinski definition) is 2. The van der Waals surface area contributed by atoms with Crippen molar-refractivity contribution in [3.8, 4) is 0 Å². The number of hydrogen-bond acceptors (Lipinski definition) is 4. The van der Waals surface area contributed by atoms with Crippen molar-refractivity contribution >= 4 is 11.9 Å². The van der Waals surface area contributed by atoms with Gasteiger partial charge in [-0.05, 0) is 46.1 Å². The third kappa shape index (κ3) is 9.44. The Morgan fingerprint density at radius 1 is 1.15 bits per heavy atom. The fraction of sp³-hybridized carbons (Fsp3) is 0.737. The van der Waals surface area contributed by atoms with E-state index in [1.807, 2.05) is 18.5 Å². The van der Waals surface area contributed by atoms with E-state index in [9.17, 15) is 4.79 Å². The topological polar surface area (TPSA) is 80.5 Å². The van der Waals surface area contributed by atoms with Crippen LogP contribution in [0.1, 0.15) is 56.8 Å². The minimum Gasteiger partial charge on any atom is -0.466 e. The van der Waals surface area contributed by atoms with Gasteiger partial charge in [-0.15, -0.1) is 0 Å². The van der Waals surface area contributed by atoms with E-state index in [0.717, 1.165) is 63.4 Å². The van der Waals surface area contributed by atoms with Crippen LogP contribution in [0, 0.1) is 13.8 Å². The van der Waals surface area contributed by atoms with Gasteiger partial charge in [-0.2, -0.15) is 5.10 Å². The third-order valence-electron chi connectivity index (χ3n) is 4.07. The smallest absolute Gasteiger partial charge is 0.305 e. The molecule has 7 heteroatoms. The molecule has 0 saturated heterocycles. The van der Waals surface area contributed by atoms with Gasteiger partial charge in [-0.25, -0.2) is 0 Å². The van der Waals surface area contributed by atoms with Gasteiger partial charge in [-0.3, -0.25) is 14.5 Å². The van der Waals surface area contributed by atoms with Gasteiger partial charge in [-0.1, -0.05) is 12.8 Å². The predicted molar refractivity (Wildman–Crippen MR) is 105 cm³/mol. The first-order valence-electron chi connectivity index (χ1n) is 9.68. The maximum atomic E-state index is 11.2. The summed E-state index contributed by atoms with van der Waals surface area (Å²) in [7, 11) is 1.79. The van der Waals surface area contributed by atoms with Gasteiger partial charge >= 0.3 is 5.97 Å². The number of aryl methyl sites for hydroxylation is 3. The molecule has 0 radical (unpaired) electrons. The van der Waals surface area contributed by atoms with Crippen LogP contribution in [0.3, 0.4) is 0 Å². The van der Waals surface area contributed by atoms with E-state index < -0.39 is 0 Å². The monoisotopic (exact) mass is 365 g/mol. The first kappa shape index (κ1) is 22.0. The van der Waals surface area contributed by atoms with Gasteiger partial charge in [0, 0.05) is 38.8 Å². The fourth-order valence-electron chi connectivity index (χ4n) is 2.75. The Hall–Kier alpha value is -2.05. The molecule has 0 amide bonds. The molecule has 0 spiro atoms. The first-order chi connectivity index (χ1) is 12.6. The van der Waals surface area contributed by atoms with E-state index in [2.05, 4.69) is 33.7 Å². The van der Waals surface area contributed by atoms with Crippen LogP contribution in [0.5, 0.6) is 0 Å². The van der Waals surface area contributed by atoms with E-state index in [1.54, 1.807) is 7.05 Å². The second kappa shape index (κ2) is 13.2. The lowest BCUT2D eigenvalue weighted by molar-refractivity contribution is -0.143. The number of unbranched alkanes of at least 4 members (excludes halogenated alkanes) is 3. The second-order valence-electron chi connectivity index (χ2n) is 6.40. The van der Waals surface area contributed by atoms with Crippen LogP contribution in [0.2, 0.25) is 0 Å². The highest BCUT2D eigenvalue weighted by Gasteiger charge is 2.02. The highest BCUT2D eigenvalue weighted by Crippen LogP contribution is 2.04. The number of aliphatic imine (C=N–C) groups is 1. The van der Waals surface area contributed by atoms with Crippen molar-refractivity contribution in [2.24, 2.45) is 4.99 Å². The molecule has 2 N–H and O–H groups in total. The second-order valence-corrected chi connectivity index (χ2v) is 6.40. The largest absolute Gasteiger partial charge is 0.466 e. The number of carbonyl (C=O) groups excluding carboxylic acids is 1. The van der Waals surface area contributed by atoms with Crippen molar-refractivity contribution in [2.75, 3.05) is 26.7 Å². The summed E-state index contributed by atoms with van der Waals surface area (Å²) in [5.74, 6) is 0.751. The molecule has 0 aliphatic carbocycles. The van der Waals surface area contributed by atoms with Gasteiger partial charge in [0.05, 0.1) is 12.3 Å². The van der Waals surface area contributed by atoms with Crippen LogP contribution in [0.4, 0.5) is 0 Å². The zero-order valence-corrected chi connectivity index (χ0v) is 16.8. The average molecular weight is 366 g/mol. The molecule has 0 aromatic carbocycles. The summed E-state index contributed by atoms with van der Waals surface area (Å²) >= 11 is 0. The van der Waals surface area contributed by atoms with Crippen LogP contribution < -0.4 is 10.6 Å². The normalized spacial score (nSPS) is 11.5. The summed E-state index contributed by atoms with van der Waals surface area (Å²) in [6, 6.07) is 2.10. The summed E-state index contributed by atoms with van der Waals surface area (Å²) in [4.78, 5) is 15.5. The standard InChI is InChI=1S/C19H35N5O2/c1-5-26-18(25)11-8-6-7-9-12-21-19(20-4)22-13-10-14-24-17(3)15-16(2)23-24/h15H,5-14H2,1-4H3,(H2,20,21,22). The molecule has 0 atom stereocenters. The van der Waals surface area contributed by atoms with Crippen LogP contribution in [-0.4, -0.2) is 48.5 Å². The van der Waals surface area contributed by atoms with E-state index in [4.69, 9.17) is 4.74 Å². The molecule has 0 saturated carbocycles. The maximum absolute atomic E-state index is 11.2. The molecule has 26 heavy (non-hydrogen) atoms. The molecule has 1 aromatic rings. The lowest BCUT2D eigenvalue weighted by atomic mass is 10.1. The summed E-state index contributed by atoms with van der Waals surface area (Å²) in [6.45, 7) is 9.06. The molecule has 0 aliphatic rings. The predicted octanol–water partition coefficient (Wildman–Crippen LogP) is 2.57. The van der Waals surface area contributed by atoms with E-state index in [1.165, 1.54) is 5.69 Å². The molecule has 1 aromatic heterocycles. The molecule has 0 unspecified atom stereocenters. The summed E-state index contributed by atoms with van der Waals surface area (Å²) in [6.07, 6.45) is 5.64. The Morgan fingerprint density at radius 2 is 1.85 bits per heavy atom. The SMILES string of the molecule is CCOC(=O)CCCCCCNC(=NC)NCCCn1nc(C)cc1C. The number of nitrogens with zero attached hydrogens (tertiary/aromatic N) is 3. The van der Waals surface area contributed by atoms with Crippen molar-refractivity contribution in [2.45, 2.75) is 65.8 Å². The Morgan fingerprint density at radius 3 is 2.46 bits per heavy atom. The van der Waals surface area contributed by atoms with Crippen LogP contribution >= 0.6 is 0 Å². The van der Waals surface area contributed by atoms with Crippen LogP contribution in [0.25, 0.3) is 0 Å². The van der Waals surface area contributed by atoms with Gasteiger partial charge in [0.2, 0.25) is 0 Å². The van der Waals surface area contributed by atoms with Gasteiger partial charge in [0.15, 0.2) is 5.96 Å². The molecule has 0 fully saturated rings. The molecule has 1 rings (SSSR count). The van der Waals surface area contributed by atoms with Gasteiger partial charge in [0.25, 0.3) is 0 Å². The number of esters is 1. The highest BCUT2D eigenvalue weighted by molar-refractivity contribution is 5.79. The lowest BCUT2D eigenvalue weighted by Gasteiger charge is -2.12. The summed E-state index contributed by atoms with van der Waals surface area (Å²) < 4.78 is 6.96. The molecule has 1 heterocycles. The Bertz CT molecular complexity index is 554. The first-order valence-corrected chi connectivity index (χ1v) is 9.68. The van der Waals surface area contributed by atoms with E-state index in [0.29, 0.717) is 13.0 Å². The molecular formula is C19H35N5O2. The Balaban J connectivity index is 2.03. The molecule has 7 nitrogen and oxygen atoms in total. The van der Waals surface area contributed by atoms with Gasteiger partial charge < -0.3 is 15.4 Å². The van der Waals surface area contributed by atoms with Crippen LogP contribution in [0.15, 0.2) is 11.1 Å². The van der Waals surface area contributed by atoms with Crippen molar-refractivity contribution in [1.29, 1.82) is 0 Å². The lowest BCUT2D eigenvalue weighted by Crippen LogP contribution is -2.38. The fourth-order valence-corrected chi connectivity index (χ4v) is 2.75. The molecule has 148 valence electrons. The zero-order valence-electron chi connectivity index (χ0n) is 16.8. The number of ether oxygens (including phenoxy) is 1. The van der Waals surface area contributed by atoms with Crippen molar-refractivity contribution in [3.63, 3.8) is 0 Å². The number of aromatic nitrogens is 2. The van der Waals surface area contributed by atoms with Crippen molar-refractivity contribution < 1.29 is 9.53 Å². The third-order valence-corrected chi connectivity index (χ3v) is 4.07.